The van der Waals surface area contributed by atoms with Crippen LogP contribution in [0.2, 0.25) is 0 Å². The lowest BCUT2D eigenvalue weighted by Gasteiger charge is -2.10. The first-order chi connectivity index (χ1) is 24.8. The number of para-hydroxylation sites is 1. The van der Waals surface area contributed by atoms with Crippen LogP contribution in [0.4, 0.5) is 0 Å². The summed E-state index contributed by atoms with van der Waals surface area (Å²) in [5.41, 5.74) is 9.19. The number of hydrogen-bond donors (Lipinski definition) is 0. The minimum absolute atomic E-state index is 0.610. The molecule has 10 aromatic rings. The van der Waals surface area contributed by atoms with E-state index >= 15 is 0 Å². The number of furan rings is 1. The highest BCUT2D eigenvalue weighted by molar-refractivity contribution is 7.26. The van der Waals surface area contributed by atoms with Crippen LogP contribution < -0.4 is 0 Å². The van der Waals surface area contributed by atoms with Gasteiger partial charge >= 0.3 is 0 Å². The molecule has 10 rings (SSSR count). The monoisotopic (exact) mass is 657 g/mol. The van der Waals surface area contributed by atoms with Crippen LogP contribution in [-0.4, -0.2) is 15.0 Å². The average Bonchev–Trinajstić information content (AvgIpc) is 3.77. The lowest BCUT2D eigenvalue weighted by molar-refractivity contribution is 0.669. The number of thiophene rings is 1. The van der Waals surface area contributed by atoms with Crippen LogP contribution in [0, 0.1) is 0 Å². The van der Waals surface area contributed by atoms with Crippen LogP contribution in [0.5, 0.6) is 0 Å². The second-order valence-corrected chi connectivity index (χ2v) is 13.4. The highest BCUT2D eigenvalue weighted by atomic mass is 32.1. The summed E-state index contributed by atoms with van der Waals surface area (Å²) >= 11 is 1.86. The molecule has 3 aromatic heterocycles. The lowest BCUT2D eigenvalue weighted by Crippen LogP contribution is -2.00. The molecular formula is C45H27N3OS. The Morgan fingerprint density at radius 2 is 0.900 bits per heavy atom. The third-order valence-electron chi connectivity index (χ3n) is 9.39. The molecule has 0 unspecified atom stereocenters. The molecule has 0 spiro atoms. The smallest absolute Gasteiger partial charge is 0.164 e. The van der Waals surface area contributed by atoms with E-state index < -0.39 is 0 Å². The molecule has 0 amide bonds. The summed E-state index contributed by atoms with van der Waals surface area (Å²) < 4.78 is 8.84. The first kappa shape index (κ1) is 28.6. The summed E-state index contributed by atoms with van der Waals surface area (Å²) in [6.45, 7) is 0. The Balaban J connectivity index is 1.03. The molecular weight excluding hydrogens is 631 g/mol. The van der Waals surface area contributed by atoms with Gasteiger partial charge in [-0.05, 0) is 40.5 Å². The Morgan fingerprint density at radius 1 is 0.360 bits per heavy atom. The minimum Gasteiger partial charge on any atom is -0.456 e. The number of fused-ring (bicyclic) bond motifs is 6. The Morgan fingerprint density at radius 3 is 1.68 bits per heavy atom. The summed E-state index contributed by atoms with van der Waals surface area (Å²) in [5, 5.41) is 4.67. The molecule has 50 heavy (non-hydrogen) atoms. The minimum atomic E-state index is 0.610. The molecule has 5 heteroatoms. The topological polar surface area (TPSA) is 51.8 Å². The molecule has 0 radical (unpaired) electrons. The van der Waals surface area contributed by atoms with Crippen LogP contribution in [0.25, 0.3) is 98.5 Å². The van der Waals surface area contributed by atoms with Crippen LogP contribution in [0.3, 0.4) is 0 Å². The van der Waals surface area contributed by atoms with Gasteiger partial charge in [-0.25, -0.2) is 15.0 Å². The summed E-state index contributed by atoms with van der Waals surface area (Å²) in [4.78, 5) is 15.0. The Bertz CT molecular complexity index is 2850. The van der Waals surface area contributed by atoms with Crippen LogP contribution in [-0.2, 0) is 0 Å². The molecule has 0 saturated carbocycles. The van der Waals surface area contributed by atoms with Gasteiger partial charge in [-0.2, -0.15) is 0 Å². The summed E-state index contributed by atoms with van der Waals surface area (Å²) in [5.74, 6) is 1.86. The van der Waals surface area contributed by atoms with Crippen molar-refractivity contribution < 1.29 is 4.42 Å². The number of hydrogen-bond acceptors (Lipinski definition) is 5. The molecule has 0 aliphatic carbocycles. The van der Waals surface area contributed by atoms with E-state index in [-0.39, 0.29) is 0 Å². The predicted octanol–water partition coefficient (Wildman–Crippen LogP) is 12.5. The van der Waals surface area contributed by atoms with Crippen LogP contribution >= 0.6 is 11.3 Å². The van der Waals surface area contributed by atoms with Crippen molar-refractivity contribution in [2.45, 2.75) is 0 Å². The van der Waals surface area contributed by atoms with E-state index in [1.807, 2.05) is 72.0 Å². The van der Waals surface area contributed by atoms with E-state index in [4.69, 9.17) is 19.4 Å². The van der Waals surface area contributed by atoms with Gasteiger partial charge in [0, 0.05) is 47.6 Å². The predicted molar refractivity (Wildman–Crippen MR) is 207 cm³/mol. The molecule has 4 nitrogen and oxygen atoms in total. The van der Waals surface area contributed by atoms with Gasteiger partial charge in [0.05, 0.1) is 0 Å². The lowest BCUT2D eigenvalue weighted by atomic mass is 9.98. The molecule has 0 aliphatic rings. The molecule has 0 bridgehead atoms. The van der Waals surface area contributed by atoms with Crippen molar-refractivity contribution in [1.29, 1.82) is 0 Å². The Labute approximate surface area is 292 Å². The summed E-state index contributed by atoms with van der Waals surface area (Å²) in [6.07, 6.45) is 0. The highest BCUT2D eigenvalue weighted by Gasteiger charge is 2.18. The number of nitrogens with zero attached hydrogens (tertiary/aromatic N) is 3. The first-order valence-electron chi connectivity index (χ1n) is 16.6. The fraction of sp³-hybridized carbons (Fsp3) is 0. The van der Waals surface area contributed by atoms with E-state index in [0.717, 1.165) is 49.8 Å². The molecule has 7 aromatic carbocycles. The number of rotatable bonds is 5. The maximum absolute atomic E-state index is 6.19. The van der Waals surface area contributed by atoms with Crippen molar-refractivity contribution in [3.63, 3.8) is 0 Å². The zero-order valence-corrected chi connectivity index (χ0v) is 27.6. The average molecular weight is 658 g/mol. The van der Waals surface area contributed by atoms with Crippen LogP contribution in [0.1, 0.15) is 0 Å². The van der Waals surface area contributed by atoms with Crippen molar-refractivity contribution in [2.75, 3.05) is 0 Å². The Kier molecular flexibility index (Phi) is 6.64. The molecule has 0 aliphatic heterocycles. The van der Waals surface area contributed by atoms with Crippen LogP contribution in [0.15, 0.2) is 168 Å². The van der Waals surface area contributed by atoms with Crippen molar-refractivity contribution in [2.24, 2.45) is 0 Å². The standard InChI is InChI=1S/C45H27N3OS/c1-2-10-31(11-3-1)43-46-44(48-45(47-43)37-16-9-18-39-41(37)36-13-4-6-17-38(36)49-39)32-26-22-29(23-27-32)28-20-24-30(25-21-28)33-14-8-15-35-34-12-5-7-19-40(34)50-42(33)35/h1-27H. The van der Waals surface area contributed by atoms with Crippen molar-refractivity contribution in [3.05, 3.63) is 164 Å². The van der Waals surface area contributed by atoms with Gasteiger partial charge < -0.3 is 4.42 Å². The molecule has 0 atom stereocenters. The van der Waals surface area contributed by atoms with Gasteiger partial charge in [0.25, 0.3) is 0 Å². The maximum Gasteiger partial charge on any atom is 0.164 e. The zero-order chi connectivity index (χ0) is 33.0. The van der Waals surface area contributed by atoms with E-state index in [2.05, 4.69) is 103 Å². The van der Waals surface area contributed by atoms with Gasteiger partial charge in [-0.15, -0.1) is 11.3 Å². The molecule has 0 N–H and O–H groups in total. The van der Waals surface area contributed by atoms with Crippen molar-refractivity contribution >= 4 is 53.4 Å². The van der Waals surface area contributed by atoms with Gasteiger partial charge in [-0.3, -0.25) is 0 Å². The first-order valence-corrected chi connectivity index (χ1v) is 17.4. The van der Waals surface area contributed by atoms with Gasteiger partial charge in [0.15, 0.2) is 17.5 Å². The Hall–Kier alpha value is -6.43. The van der Waals surface area contributed by atoms with Crippen molar-refractivity contribution in [1.82, 2.24) is 15.0 Å². The SMILES string of the molecule is c1ccc(-c2nc(-c3ccc(-c4ccc(-c5cccc6c5sc5ccccc56)cc4)cc3)nc(-c3cccc4oc5ccccc5c34)n2)cc1. The summed E-state index contributed by atoms with van der Waals surface area (Å²) in [6, 6.07) is 56.9. The van der Waals surface area contributed by atoms with Gasteiger partial charge in [0.2, 0.25) is 0 Å². The van der Waals surface area contributed by atoms with E-state index in [9.17, 15) is 0 Å². The largest absolute Gasteiger partial charge is 0.456 e. The third-order valence-corrected chi connectivity index (χ3v) is 10.6. The third kappa shape index (κ3) is 4.79. The highest BCUT2D eigenvalue weighted by Crippen LogP contribution is 2.40. The second kappa shape index (κ2) is 11.6. The quantitative estimate of drug-likeness (QED) is 0.185. The van der Waals surface area contributed by atoms with E-state index in [1.54, 1.807) is 0 Å². The maximum atomic E-state index is 6.19. The van der Waals surface area contributed by atoms with E-state index in [1.165, 1.54) is 31.3 Å². The van der Waals surface area contributed by atoms with E-state index in [0.29, 0.717) is 17.5 Å². The second-order valence-electron chi connectivity index (χ2n) is 12.4. The molecule has 3 heterocycles. The van der Waals surface area contributed by atoms with Gasteiger partial charge in [0.1, 0.15) is 11.2 Å². The molecule has 0 saturated heterocycles. The molecule has 234 valence electrons. The zero-order valence-electron chi connectivity index (χ0n) is 26.7. The fourth-order valence-corrected chi connectivity index (χ4v) is 8.17. The number of benzene rings is 7. The summed E-state index contributed by atoms with van der Waals surface area (Å²) in [7, 11) is 0. The van der Waals surface area contributed by atoms with Crippen molar-refractivity contribution in [3.8, 4) is 56.4 Å². The fourth-order valence-electron chi connectivity index (χ4n) is 6.93. The van der Waals surface area contributed by atoms with Gasteiger partial charge in [-0.1, -0.05) is 146 Å². The normalized spacial score (nSPS) is 11.6. The molecule has 0 fully saturated rings. The number of aromatic nitrogens is 3.